The molecule has 0 aromatic heterocycles. The largest absolute Gasteiger partial charge is 0.378 e. The minimum absolute atomic E-state index is 0.192. The highest BCUT2D eigenvalue weighted by molar-refractivity contribution is 6.25. The highest BCUT2D eigenvalue weighted by Gasteiger charge is 2.25. The molecule has 0 saturated heterocycles. The maximum Gasteiger partial charge on any atom is 0.258 e. The predicted octanol–water partition coefficient (Wildman–Crippen LogP) is 2.69. The summed E-state index contributed by atoms with van der Waals surface area (Å²) in [6.07, 6.45) is 0.950. The van der Waals surface area contributed by atoms with Crippen LogP contribution in [0.1, 0.15) is 40.1 Å². The van der Waals surface area contributed by atoms with E-state index < -0.39 is 0 Å². The number of hydrogen-bond donors (Lipinski definition) is 1. The fraction of sp³-hybridized carbons (Fsp3) is 0.294. The number of rotatable bonds is 4. The van der Waals surface area contributed by atoms with Gasteiger partial charge in [-0.25, -0.2) is 0 Å². The zero-order valence-corrected chi connectivity index (χ0v) is 12.1. The molecular weight excluding hydrogens is 266 g/mol. The van der Waals surface area contributed by atoms with Crippen molar-refractivity contribution in [3.8, 4) is 0 Å². The fourth-order valence-corrected chi connectivity index (χ4v) is 2.71. The molecule has 2 amide bonds. The predicted molar refractivity (Wildman–Crippen MR) is 80.5 cm³/mol. The summed E-state index contributed by atoms with van der Waals surface area (Å²) in [6, 6.07) is 9.30. The van der Waals surface area contributed by atoms with E-state index in [0.29, 0.717) is 17.7 Å². The molecule has 0 unspecified atom stereocenters. The first-order chi connectivity index (χ1) is 10.1. The Morgan fingerprint density at radius 1 is 1.05 bits per heavy atom. The molecule has 21 heavy (non-hydrogen) atoms. The van der Waals surface area contributed by atoms with Gasteiger partial charge in [-0.3, -0.25) is 14.9 Å². The fourth-order valence-electron chi connectivity index (χ4n) is 2.71. The lowest BCUT2D eigenvalue weighted by molar-refractivity contribution is 0.0815. The van der Waals surface area contributed by atoms with Gasteiger partial charge in [0.25, 0.3) is 11.8 Å². The van der Waals surface area contributed by atoms with Gasteiger partial charge in [-0.15, -0.1) is 0 Å². The van der Waals surface area contributed by atoms with Crippen LogP contribution in [0.2, 0.25) is 0 Å². The van der Waals surface area contributed by atoms with Crippen LogP contribution in [0, 0.1) is 0 Å². The molecule has 3 rings (SSSR count). The van der Waals surface area contributed by atoms with Gasteiger partial charge < -0.3 is 4.74 Å². The Morgan fingerprint density at radius 2 is 1.76 bits per heavy atom. The van der Waals surface area contributed by atoms with Gasteiger partial charge in [0.1, 0.15) is 0 Å². The SMILES string of the molecule is CC(C)OCCc1ccc2c3c(cccc13)C(=O)NC2=O. The number of hydrogen-bond acceptors (Lipinski definition) is 3. The summed E-state index contributed by atoms with van der Waals surface area (Å²) in [6.45, 7) is 4.62. The Hall–Kier alpha value is -2.20. The van der Waals surface area contributed by atoms with E-state index in [1.54, 1.807) is 12.1 Å². The zero-order valence-electron chi connectivity index (χ0n) is 12.1. The normalized spacial score (nSPS) is 13.9. The van der Waals surface area contributed by atoms with Crippen LogP contribution in [0.4, 0.5) is 0 Å². The summed E-state index contributed by atoms with van der Waals surface area (Å²) < 4.78 is 5.59. The first kappa shape index (κ1) is 13.8. The summed E-state index contributed by atoms with van der Waals surface area (Å²) in [5, 5.41) is 4.09. The number of nitrogens with one attached hydrogen (secondary N) is 1. The molecule has 0 spiro atoms. The molecule has 1 aliphatic heterocycles. The summed E-state index contributed by atoms with van der Waals surface area (Å²) >= 11 is 0. The molecule has 4 heteroatoms. The van der Waals surface area contributed by atoms with E-state index in [4.69, 9.17) is 4.74 Å². The molecule has 1 aliphatic rings. The maximum atomic E-state index is 11.9. The van der Waals surface area contributed by atoms with Crippen molar-refractivity contribution in [2.45, 2.75) is 26.4 Å². The van der Waals surface area contributed by atoms with Crippen LogP contribution in [0.5, 0.6) is 0 Å². The average molecular weight is 283 g/mol. The van der Waals surface area contributed by atoms with Crippen molar-refractivity contribution in [1.29, 1.82) is 0 Å². The molecule has 0 atom stereocenters. The van der Waals surface area contributed by atoms with Gasteiger partial charge in [0, 0.05) is 16.5 Å². The minimum atomic E-state index is -0.325. The number of carbonyl (C=O) groups is 2. The third kappa shape index (κ3) is 2.43. The Morgan fingerprint density at radius 3 is 2.48 bits per heavy atom. The van der Waals surface area contributed by atoms with Crippen molar-refractivity contribution in [3.63, 3.8) is 0 Å². The summed E-state index contributed by atoms with van der Waals surface area (Å²) in [5.41, 5.74) is 2.22. The monoisotopic (exact) mass is 283 g/mol. The third-order valence-electron chi connectivity index (χ3n) is 3.67. The molecule has 2 aromatic carbocycles. The standard InChI is InChI=1S/C17H17NO3/c1-10(2)21-9-8-11-6-7-14-15-12(11)4-3-5-13(15)16(19)18-17(14)20/h3-7,10H,8-9H2,1-2H3,(H,18,19,20). The molecule has 1 N–H and O–H groups in total. The lowest BCUT2D eigenvalue weighted by Gasteiger charge is -2.18. The Labute approximate surface area is 123 Å². The third-order valence-corrected chi connectivity index (χ3v) is 3.67. The number of carbonyl (C=O) groups excluding carboxylic acids is 2. The smallest absolute Gasteiger partial charge is 0.258 e. The van der Waals surface area contributed by atoms with Gasteiger partial charge in [-0.2, -0.15) is 0 Å². The molecule has 108 valence electrons. The van der Waals surface area contributed by atoms with E-state index in [9.17, 15) is 9.59 Å². The van der Waals surface area contributed by atoms with Gasteiger partial charge >= 0.3 is 0 Å². The highest BCUT2D eigenvalue weighted by atomic mass is 16.5. The first-order valence-electron chi connectivity index (χ1n) is 7.10. The van der Waals surface area contributed by atoms with Gasteiger partial charge in [0.15, 0.2) is 0 Å². The van der Waals surface area contributed by atoms with E-state index in [0.717, 1.165) is 22.8 Å². The summed E-state index contributed by atoms with van der Waals surface area (Å²) in [4.78, 5) is 23.9. The first-order valence-corrected chi connectivity index (χ1v) is 7.10. The summed E-state index contributed by atoms with van der Waals surface area (Å²) in [7, 11) is 0. The van der Waals surface area contributed by atoms with E-state index in [-0.39, 0.29) is 17.9 Å². The second-order valence-corrected chi connectivity index (χ2v) is 5.45. The molecule has 0 radical (unpaired) electrons. The minimum Gasteiger partial charge on any atom is -0.378 e. The van der Waals surface area contributed by atoms with Crippen molar-refractivity contribution in [2.24, 2.45) is 0 Å². The molecule has 0 saturated carbocycles. The van der Waals surface area contributed by atoms with Crippen LogP contribution in [-0.2, 0) is 11.2 Å². The zero-order chi connectivity index (χ0) is 15.0. The molecule has 1 heterocycles. The van der Waals surface area contributed by atoms with Crippen LogP contribution in [0.15, 0.2) is 30.3 Å². The van der Waals surface area contributed by atoms with Crippen molar-refractivity contribution in [3.05, 3.63) is 47.0 Å². The van der Waals surface area contributed by atoms with Gasteiger partial charge in [-0.05, 0) is 43.4 Å². The van der Waals surface area contributed by atoms with Gasteiger partial charge in [0.05, 0.1) is 12.7 Å². The topological polar surface area (TPSA) is 55.4 Å². The van der Waals surface area contributed by atoms with E-state index >= 15 is 0 Å². The van der Waals surface area contributed by atoms with Crippen LogP contribution in [0.25, 0.3) is 10.8 Å². The molecular formula is C17H17NO3. The number of imide groups is 1. The van der Waals surface area contributed by atoms with E-state index in [1.165, 1.54) is 0 Å². The Balaban J connectivity index is 2.08. The molecule has 0 fully saturated rings. The van der Waals surface area contributed by atoms with Crippen LogP contribution in [-0.4, -0.2) is 24.5 Å². The van der Waals surface area contributed by atoms with E-state index in [1.807, 2.05) is 32.0 Å². The summed E-state index contributed by atoms with van der Waals surface area (Å²) in [5.74, 6) is -0.651. The van der Waals surface area contributed by atoms with Gasteiger partial charge in [-0.1, -0.05) is 18.2 Å². The lowest BCUT2D eigenvalue weighted by Crippen LogP contribution is -2.34. The van der Waals surface area contributed by atoms with Gasteiger partial charge in [0.2, 0.25) is 0 Å². The molecule has 4 nitrogen and oxygen atoms in total. The van der Waals surface area contributed by atoms with Crippen molar-refractivity contribution >= 4 is 22.6 Å². The molecule has 2 aromatic rings. The highest BCUT2D eigenvalue weighted by Crippen LogP contribution is 2.29. The van der Waals surface area contributed by atoms with Crippen molar-refractivity contribution < 1.29 is 14.3 Å². The number of ether oxygens (including phenoxy) is 1. The average Bonchev–Trinajstić information content (AvgIpc) is 2.45. The lowest BCUT2D eigenvalue weighted by atomic mass is 9.91. The number of amides is 2. The van der Waals surface area contributed by atoms with Crippen LogP contribution < -0.4 is 5.32 Å². The second-order valence-electron chi connectivity index (χ2n) is 5.45. The van der Waals surface area contributed by atoms with Crippen molar-refractivity contribution in [1.82, 2.24) is 5.32 Å². The quantitative estimate of drug-likeness (QED) is 0.878. The van der Waals surface area contributed by atoms with E-state index in [2.05, 4.69) is 5.32 Å². The van der Waals surface area contributed by atoms with Crippen molar-refractivity contribution in [2.75, 3.05) is 6.61 Å². The maximum absolute atomic E-state index is 11.9. The molecule has 0 aliphatic carbocycles. The second kappa shape index (κ2) is 5.30. The Kier molecular flexibility index (Phi) is 3.47. The van der Waals surface area contributed by atoms with Crippen LogP contribution >= 0.6 is 0 Å². The number of benzene rings is 2. The van der Waals surface area contributed by atoms with Crippen LogP contribution in [0.3, 0.4) is 0 Å². The molecule has 0 bridgehead atoms. The Bertz CT molecular complexity index is 714.